The van der Waals surface area contributed by atoms with Gasteiger partial charge in [0.25, 0.3) is 0 Å². The first kappa shape index (κ1) is 11.4. The van der Waals surface area contributed by atoms with Gasteiger partial charge in [0, 0.05) is 31.4 Å². The molecule has 1 amide bonds. The van der Waals surface area contributed by atoms with Crippen LogP contribution in [-0.2, 0) is 18.3 Å². The Balaban J connectivity index is 1.84. The molecule has 0 bridgehead atoms. The van der Waals surface area contributed by atoms with Crippen LogP contribution in [0.5, 0.6) is 0 Å². The molecule has 0 saturated heterocycles. The SMILES string of the molecule is Cc1cc(NC(=O)CCc2cccn2C)no1. The molecule has 0 aliphatic carbocycles. The van der Waals surface area contributed by atoms with Gasteiger partial charge in [0.2, 0.25) is 5.91 Å². The molecule has 0 spiro atoms. The average molecular weight is 233 g/mol. The maximum Gasteiger partial charge on any atom is 0.226 e. The summed E-state index contributed by atoms with van der Waals surface area (Å²) < 4.78 is 6.87. The van der Waals surface area contributed by atoms with E-state index in [9.17, 15) is 4.79 Å². The van der Waals surface area contributed by atoms with Gasteiger partial charge in [-0.2, -0.15) is 0 Å². The lowest BCUT2D eigenvalue weighted by Crippen LogP contribution is -2.13. The van der Waals surface area contributed by atoms with Gasteiger partial charge < -0.3 is 14.4 Å². The number of carbonyl (C=O) groups is 1. The van der Waals surface area contributed by atoms with Crippen molar-refractivity contribution in [1.82, 2.24) is 9.72 Å². The van der Waals surface area contributed by atoms with Crippen LogP contribution >= 0.6 is 0 Å². The Kier molecular flexibility index (Phi) is 3.27. The third kappa shape index (κ3) is 2.96. The predicted octanol–water partition coefficient (Wildman–Crippen LogP) is 1.89. The zero-order chi connectivity index (χ0) is 12.3. The lowest BCUT2D eigenvalue weighted by Gasteiger charge is -2.03. The van der Waals surface area contributed by atoms with E-state index < -0.39 is 0 Å². The van der Waals surface area contributed by atoms with E-state index in [0.717, 1.165) is 5.69 Å². The van der Waals surface area contributed by atoms with Gasteiger partial charge in [0.1, 0.15) is 5.76 Å². The Hall–Kier alpha value is -2.04. The molecule has 0 atom stereocenters. The van der Waals surface area contributed by atoms with Crippen molar-refractivity contribution in [2.75, 3.05) is 5.32 Å². The lowest BCUT2D eigenvalue weighted by molar-refractivity contribution is -0.116. The topological polar surface area (TPSA) is 60.1 Å². The fourth-order valence-corrected chi connectivity index (χ4v) is 1.63. The van der Waals surface area contributed by atoms with E-state index in [1.165, 1.54) is 0 Å². The van der Waals surface area contributed by atoms with Crippen LogP contribution in [0.4, 0.5) is 5.82 Å². The summed E-state index contributed by atoms with van der Waals surface area (Å²) in [4.78, 5) is 11.6. The summed E-state index contributed by atoms with van der Waals surface area (Å²) in [6, 6.07) is 5.67. The molecule has 0 aromatic carbocycles. The fraction of sp³-hybridized carbons (Fsp3) is 0.333. The predicted molar refractivity (Wildman–Crippen MR) is 63.6 cm³/mol. The maximum atomic E-state index is 11.6. The van der Waals surface area contributed by atoms with Crippen LogP contribution in [0.15, 0.2) is 28.9 Å². The minimum atomic E-state index is -0.0560. The van der Waals surface area contributed by atoms with Gasteiger partial charge in [0.15, 0.2) is 5.82 Å². The van der Waals surface area contributed by atoms with Crippen molar-refractivity contribution < 1.29 is 9.32 Å². The van der Waals surface area contributed by atoms with Crippen molar-refractivity contribution in [3.8, 4) is 0 Å². The lowest BCUT2D eigenvalue weighted by atomic mass is 10.2. The summed E-state index contributed by atoms with van der Waals surface area (Å²) in [5, 5.41) is 6.40. The monoisotopic (exact) mass is 233 g/mol. The van der Waals surface area contributed by atoms with Crippen molar-refractivity contribution in [1.29, 1.82) is 0 Å². The Bertz CT molecular complexity index is 513. The number of amides is 1. The van der Waals surface area contributed by atoms with Gasteiger partial charge in [-0.25, -0.2) is 0 Å². The summed E-state index contributed by atoms with van der Waals surface area (Å²) in [7, 11) is 1.97. The number of hydrogen-bond acceptors (Lipinski definition) is 3. The standard InChI is InChI=1S/C12H15N3O2/c1-9-8-11(14-17-9)13-12(16)6-5-10-4-3-7-15(10)2/h3-4,7-8H,5-6H2,1-2H3,(H,13,14,16). The molecule has 1 N–H and O–H groups in total. The average Bonchev–Trinajstić information content (AvgIpc) is 2.85. The summed E-state index contributed by atoms with van der Waals surface area (Å²) in [6.07, 6.45) is 3.12. The Morgan fingerprint density at radius 2 is 2.41 bits per heavy atom. The van der Waals surface area contributed by atoms with Gasteiger partial charge in [0.05, 0.1) is 0 Å². The quantitative estimate of drug-likeness (QED) is 0.877. The number of nitrogens with zero attached hydrogens (tertiary/aromatic N) is 2. The maximum absolute atomic E-state index is 11.6. The summed E-state index contributed by atoms with van der Waals surface area (Å²) in [5.41, 5.74) is 1.14. The van der Waals surface area contributed by atoms with Crippen molar-refractivity contribution in [3.05, 3.63) is 35.9 Å². The third-order valence-corrected chi connectivity index (χ3v) is 2.55. The van der Waals surface area contributed by atoms with E-state index in [0.29, 0.717) is 24.4 Å². The van der Waals surface area contributed by atoms with Crippen LogP contribution in [0, 0.1) is 6.92 Å². The summed E-state index contributed by atoms with van der Waals surface area (Å²) in [6.45, 7) is 1.78. The highest BCUT2D eigenvalue weighted by molar-refractivity contribution is 5.89. The van der Waals surface area contributed by atoms with Gasteiger partial charge in [-0.15, -0.1) is 0 Å². The van der Waals surface area contributed by atoms with Crippen LogP contribution in [-0.4, -0.2) is 15.6 Å². The van der Waals surface area contributed by atoms with Crippen LogP contribution in [0.2, 0.25) is 0 Å². The number of hydrogen-bond donors (Lipinski definition) is 1. The van der Waals surface area contributed by atoms with Crippen LogP contribution in [0.25, 0.3) is 0 Å². The Morgan fingerprint density at radius 1 is 1.59 bits per heavy atom. The Morgan fingerprint density at radius 3 is 3.00 bits per heavy atom. The highest BCUT2D eigenvalue weighted by atomic mass is 16.5. The molecule has 2 rings (SSSR count). The number of aryl methyl sites for hydroxylation is 3. The van der Waals surface area contributed by atoms with Crippen molar-refractivity contribution in [2.45, 2.75) is 19.8 Å². The molecule has 0 radical (unpaired) electrons. The molecule has 17 heavy (non-hydrogen) atoms. The molecule has 2 aromatic heterocycles. The first-order valence-corrected chi connectivity index (χ1v) is 5.48. The minimum Gasteiger partial charge on any atom is -0.360 e. The molecule has 90 valence electrons. The molecular weight excluding hydrogens is 218 g/mol. The van der Waals surface area contributed by atoms with Crippen LogP contribution in [0.1, 0.15) is 17.9 Å². The van der Waals surface area contributed by atoms with Crippen molar-refractivity contribution in [3.63, 3.8) is 0 Å². The van der Waals surface area contributed by atoms with E-state index in [2.05, 4.69) is 10.5 Å². The second-order valence-corrected chi connectivity index (χ2v) is 3.98. The van der Waals surface area contributed by atoms with Gasteiger partial charge in [-0.05, 0) is 25.5 Å². The molecule has 0 fully saturated rings. The van der Waals surface area contributed by atoms with Crippen LogP contribution in [0.3, 0.4) is 0 Å². The second-order valence-electron chi connectivity index (χ2n) is 3.98. The highest BCUT2D eigenvalue weighted by Gasteiger charge is 2.07. The first-order chi connectivity index (χ1) is 8.15. The first-order valence-electron chi connectivity index (χ1n) is 5.48. The van der Waals surface area contributed by atoms with Gasteiger partial charge in [-0.3, -0.25) is 4.79 Å². The number of anilines is 1. The van der Waals surface area contributed by atoms with E-state index >= 15 is 0 Å². The van der Waals surface area contributed by atoms with Gasteiger partial charge in [-0.1, -0.05) is 5.16 Å². The van der Waals surface area contributed by atoms with E-state index in [-0.39, 0.29) is 5.91 Å². The molecule has 5 heteroatoms. The number of aromatic nitrogens is 2. The minimum absolute atomic E-state index is 0.0560. The van der Waals surface area contributed by atoms with Crippen LogP contribution < -0.4 is 5.32 Å². The molecule has 0 aliphatic heterocycles. The van der Waals surface area contributed by atoms with E-state index in [1.54, 1.807) is 13.0 Å². The molecule has 0 unspecified atom stereocenters. The molecule has 2 heterocycles. The molecule has 0 aliphatic rings. The molecular formula is C12H15N3O2. The zero-order valence-corrected chi connectivity index (χ0v) is 9.93. The highest BCUT2D eigenvalue weighted by Crippen LogP contribution is 2.09. The molecule has 5 nitrogen and oxygen atoms in total. The third-order valence-electron chi connectivity index (χ3n) is 2.55. The number of rotatable bonds is 4. The summed E-state index contributed by atoms with van der Waals surface area (Å²) in [5.74, 6) is 1.10. The molecule has 0 saturated carbocycles. The van der Waals surface area contributed by atoms with E-state index in [1.807, 2.05) is 29.9 Å². The van der Waals surface area contributed by atoms with Crippen molar-refractivity contribution >= 4 is 11.7 Å². The smallest absolute Gasteiger partial charge is 0.226 e. The summed E-state index contributed by atoms with van der Waals surface area (Å²) >= 11 is 0. The van der Waals surface area contributed by atoms with Gasteiger partial charge >= 0.3 is 0 Å². The number of carbonyl (C=O) groups excluding carboxylic acids is 1. The van der Waals surface area contributed by atoms with Crippen molar-refractivity contribution in [2.24, 2.45) is 7.05 Å². The largest absolute Gasteiger partial charge is 0.360 e. The Labute approximate surface area is 99.4 Å². The van der Waals surface area contributed by atoms with E-state index in [4.69, 9.17) is 4.52 Å². The normalized spacial score (nSPS) is 10.5. The molecule has 2 aromatic rings. The number of nitrogens with one attached hydrogen (secondary N) is 1. The zero-order valence-electron chi connectivity index (χ0n) is 9.93. The fourth-order valence-electron chi connectivity index (χ4n) is 1.63. The second kappa shape index (κ2) is 4.86.